The molecular formula is C18H16Cl2N2O4S. The summed E-state index contributed by atoms with van der Waals surface area (Å²) in [6, 6.07) is 14.0. The van der Waals surface area contributed by atoms with Gasteiger partial charge < -0.3 is 9.47 Å². The Balaban J connectivity index is 1.85. The maximum Gasteiger partial charge on any atom is 0.436 e. The molecule has 0 spiro atoms. The highest BCUT2D eigenvalue weighted by Crippen LogP contribution is 2.17. The molecule has 0 unspecified atom stereocenters. The van der Waals surface area contributed by atoms with Crippen LogP contribution >= 0.6 is 35.0 Å². The number of carbonyl (C=O) groups is 2. The Morgan fingerprint density at radius 2 is 1.48 bits per heavy atom. The molecule has 0 bridgehead atoms. The molecule has 2 amide bonds. The predicted molar refractivity (Wildman–Crippen MR) is 107 cm³/mol. The maximum atomic E-state index is 11.9. The zero-order chi connectivity index (χ0) is 19.6. The average molecular weight is 427 g/mol. The summed E-state index contributed by atoms with van der Waals surface area (Å²) in [5, 5.41) is 3.40. The van der Waals surface area contributed by atoms with E-state index in [1.807, 2.05) is 0 Å². The van der Waals surface area contributed by atoms with Gasteiger partial charge in [-0.1, -0.05) is 71.4 Å². The van der Waals surface area contributed by atoms with Crippen LogP contribution in [-0.4, -0.2) is 23.6 Å². The van der Waals surface area contributed by atoms with Crippen LogP contribution in [0.3, 0.4) is 0 Å². The second-order valence-corrected chi connectivity index (χ2v) is 6.67. The molecule has 1 N–H and O–H groups in total. The van der Waals surface area contributed by atoms with Crippen LogP contribution in [0.5, 0.6) is 0 Å². The second-order valence-electron chi connectivity index (χ2n) is 5.06. The minimum absolute atomic E-state index is 0.00980. The number of aliphatic imine (C=N–C) groups is 1. The van der Waals surface area contributed by atoms with Gasteiger partial charge >= 0.3 is 12.2 Å². The minimum Gasteiger partial charge on any atom is -0.444 e. The molecule has 0 atom stereocenters. The van der Waals surface area contributed by atoms with E-state index in [1.165, 1.54) is 0 Å². The number of hydrogen-bond acceptors (Lipinski definition) is 5. The molecule has 0 aliphatic rings. The van der Waals surface area contributed by atoms with Gasteiger partial charge in [0.15, 0.2) is 5.17 Å². The number of carbonyl (C=O) groups excluding carboxylic acids is 2. The number of nitrogens with one attached hydrogen (secondary N) is 1. The maximum absolute atomic E-state index is 11.9. The van der Waals surface area contributed by atoms with Gasteiger partial charge in [0.25, 0.3) is 0 Å². The smallest absolute Gasteiger partial charge is 0.436 e. The van der Waals surface area contributed by atoms with Gasteiger partial charge in [-0.25, -0.2) is 9.59 Å². The molecule has 0 fully saturated rings. The molecule has 0 aliphatic carbocycles. The van der Waals surface area contributed by atoms with Crippen molar-refractivity contribution in [1.29, 1.82) is 0 Å². The molecule has 0 saturated carbocycles. The molecule has 2 aromatic rings. The van der Waals surface area contributed by atoms with Crippen molar-refractivity contribution < 1.29 is 19.1 Å². The van der Waals surface area contributed by atoms with Gasteiger partial charge in [0.1, 0.15) is 13.2 Å². The molecule has 2 rings (SSSR count). The molecule has 0 saturated heterocycles. The summed E-state index contributed by atoms with van der Waals surface area (Å²) in [5.74, 6) is 0. The number of rotatable bonds is 4. The zero-order valence-corrected chi connectivity index (χ0v) is 16.6. The molecule has 142 valence electrons. The third-order valence-electron chi connectivity index (χ3n) is 3.22. The number of nitrogens with zero attached hydrogens (tertiary/aromatic N) is 1. The Bertz CT molecular complexity index is 846. The van der Waals surface area contributed by atoms with Gasteiger partial charge in [-0.2, -0.15) is 4.99 Å². The monoisotopic (exact) mass is 426 g/mol. The standard InChI is InChI=1S/C18H16Cl2N2O4S/c1-27-16(21-17(23)25-10-12-6-2-4-8-14(12)19)22-18(24)26-11-13-7-3-5-9-15(13)20/h2-9H,10-11H2,1H3,(H,21,22,23,24). The third kappa shape index (κ3) is 7.13. The highest BCUT2D eigenvalue weighted by molar-refractivity contribution is 8.13. The Hall–Kier alpha value is -2.22. The summed E-state index contributed by atoms with van der Waals surface area (Å²) in [4.78, 5) is 27.4. The lowest BCUT2D eigenvalue weighted by Crippen LogP contribution is -2.29. The van der Waals surface area contributed by atoms with Crippen LogP contribution in [0, 0.1) is 0 Å². The van der Waals surface area contributed by atoms with E-state index in [0.29, 0.717) is 21.2 Å². The predicted octanol–water partition coefficient (Wildman–Crippen LogP) is 5.28. The first-order valence-corrected chi connectivity index (χ1v) is 9.67. The van der Waals surface area contributed by atoms with E-state index in [0.717, 1.165) is 11.8 Å². The van der Waals surface area contributed by atoms with Crippen molar-refractivity contribution in [3.8, 4) is 0 Å². The van der Waals surface area contributed by atoms with Crippen LogP contribution in [0.4, 0.5) is 9.59 Å². The van der Waals surface area contributed by atoms with Crippen molar-refractivity contribution in [1.82, 2.24) is 5.32 Å². The van der Waals surface area contributed by atoms with Crippen molar-refractivity contribution in [2.75, 3.05) is 6.26 Å². The van der Waals surface area contributed by atoms with E-state index in [9.17, 15) is 9.59 Å². The molecule has 6 nitrogen and oxygen atoms in total. The van der Waals surface area contributed by atoms with Crippen molar-refractivity contribution in [2.24, 2.45) is 4.99 Å². The summed E-state index contributed by atoms with van der Waals surface area (Å²) < 4.78 is 10.1. The SMILES string of the molecule is CS/C(=N\C(=O)OCc1ccccc1Cl)NC(=O)OCc1ccccc1Cl. The highest BCUT2D eigenvalue weighted by Gasteiger charge is 2.11. The van der Waals surface area contributed by atoms with E-state index in [-0.39, 0.29) is 18.4 Å². The third-order valence-corrected chi connectivity index (χ3v) is 4.54. The Kier molecular flexibility index (Phi) is 8.44. The molecule has 0 aliphatic heterocycles. The van der Waals surface area contributed by atoms with Crippen LogP contribution in [0.25, 0.3) is 0 Å². The molecule has 27 heavy (non-hydrogen) atoms. The van der Waals surface area contributed by atoms with Gasteiger partial charge in [0, 0.05) is 21.2 Å². The van der Waals surface area contributed by atoms with Gasteiger partial charge in [-0.05, 0) is 18.4 Å². The van der Waals surface area contributed by atoms with Gasteiger partial charge in [-0.3, -0.25) is 5.32 Å². The van der Waals surface area contributed by atoms with E-state index in [2.05, 4.69) is 10.3 Å². The number of amides is 2. The normalized spacial score (nSPS) is 11.0. The van der Waals surface area contributed by atoms with Crippen LogP contribution in [-0.2, 0) is 22.7 Å². The zero-order valence-electron chi connectivity index (χ0n) is 14.3. The van der Waals surface area contributed by atoms with Crippen LogP contribution in [0.15, 0.2) is 53.5 Å². The summed E-state index contributed by atoms with van der Waals surface area (Å²) in [6.45, 7) is -0.0370. The van der Waals surface area contributed by atoms with E-state index < -0.39 is 12.2 Å². The largest absolute Gasteiger partial charge is 0.444 e. The summed E-state index contributed by atoms with van der Waals surface area (Å²) in [6.07, 6.45) is 0.0294. The number of halogens is 2. The number of hydrogen-bond donors (Lipinski definition) is 1. The lowest BCUT2D eigenvalue weighted by molar-refractivity contribution is 0.145. The number of amidine groups is 1. The van der Waals surface area contributed by atoms with E-state index >= 15 is 0 Å². The fourth-order valence-corrected chi connectivity index (χ4v) is 2.61. The second kappa shape index (κ2) is 10.8. The highest BCUT2D eigenvalue weighted by atomic mass is 35.5. The number of ether oxygens (including phenoxy) is 2. The first-order valence-electron chi connectivity index (χ1n) is 7.69. The first-order chi connectivity index (χ1) is 13.0. The Labute approximate surface area is 170 Å². The van der Waals surface area contributed by atoms with Gasteiger partial charge in [0.2, 0.25) is 0 Å². The quantitative estimate of drug-likeness (QED) is 0.531. The van der Waals surface area contributed by atoms with E-state index in [4.69, 9.17) is 32.7 Å². The van der Waals surface area contributed by atoms with Crippen LogP contribution in [0.1, 0.15) is 11.1 Å². The summed E-state index contributed by atoms with van der Waals surface area (Å²) in [5.41, 5.74) is 1.32. The fraction of sp³-hybridized carbons (Fsp3) is 0.167. The lowest BCUT2D eigenvalue weighted by Gasteiger charge is -2.09. The average Bonchev–Trinajstić information content (AvgIpc) is 2.66. The van der Waals surface area contributed by atoms with Crippen molar-refractivity contribution in [3.63, 3.8) is 0 Å². The topological polar surface area (TPSA) is 77.0 Å². The van der Waals surface area contributed by atoms with Crippen molar-refractivity contribution >= 4 is 52.3 Å². The molecular weight excluding hydrogens is 411 g/mol. The van der Waals surface area contributed by atoms with Crippen LogP contribution in [0.2, 0.25) is 10.0 Å². The number of alkyl carbamates (subject to hydrolysis) is 1. The Morgan fingerprint density at radius 1 is 0.963 bits per heavy atom. The van der Waals surface area contributed by atoms with Crippen LogP contribution < -0.4 is 5.32 Å². The van der Waals surface area contributed by atoms with E-state index in [1.54, 1.807) is 54.8 Å². The lowest BCUT2D eigenvalue weighted by atomic mass is 10.2. The summed E-state index contributed by atoms with van der Waals surface area (Å²) >= 11 is 13.0. The molecule has 9 heteroatoms. The molecule has 0 radical (unpaired) electrons. The number of thioether (sulfide) groups is 1. The minimum atomic E-state index is -0.856. The first kappa shape index (κ1) is 21.1. The summed E-state index contributed by atoms with van der Waals surface area (Å²) in [7, 11) is 0. The Morgan fingerprint density at radius 3 is 2.00 bits per heavy atom. The number of benzene rings is 2. The van der Waals surface area contributed by atoms with Gasteiger partial charge in [-0.15, -0.1) is 0 Å². The molecule has 0 aromatic heterocycles. The molecule has 2 aromatic carbocycles. The molecule has 0 heterocycles. The van der Waals surface area contributed by atoms with Crippen molar-refractivity contribution in [3.05, 3.63) is 69.7 Å². The van der Waals surface area contributed by atoms with Crippen molar-refractivity contribution in [2.45, 2.75) is 13.2 Å². The fourth-order valence-electron chi connectivity index (χ4n) is 1.88. The van der Waals surface area contributed by atoms with Gasteiger partial charge in [0.05, 0.1) is 0 Å².